The van der Waals surface area contributed by atoms with E-state index in [0.29, 0.717) is 17.5 Å². The van der Waals surface area contributed by atoms with Crippen LogP contribution in [0.2, 0.25) is 0 Å². The summed E-state index contributed by atoms with van der Waals surface area (Å²) in [4.78, 5) is 16.8. The van der Waals surface area contributed by atoms with Crippen molar-refractivity contribution >= 4 is 17.7 Å². The van der Waals surface area contributed by atoms with Crippen LogP contribution in [0.15, 0.2) is 53.7 Å². The molecule has 3 aromatic rings. The van der Waals surface area contributed by atoms with Crippen molar-refractivity contribution in [2.45, 2.75) is 23.9 Å². The van der Waals surface area contributed by atoms with Crippen molar-refractivity contribution in [1.82, 2.24) is 20.5 Å². The van der Waals surface area contributed by atoms with Crippen molar-refractivity contribution in [3.8, 4) is 22.9 Å². The van der Waals surface area contributed by atoms with E-state index in [1.54, 1.807) is 14.2 Å². The summed E-state index contributed by atoms with van der Waals surface area (Å²) in [7, 11) is 3.25. The maximum atomic E-state index is 12.4. The summed E-state index contributed by atoms with van der Waals surface area (Å²) in [6, 6.07) is 15.1. The highest BCUT2D eigenvalue weighted by molar-refractivity contribution is 8.00. The first-order chi connectivity index (χ1) is 13.6. The van der Waals surface area contributed by atoms with Crippen molar-refractivity contribution in [2.75, 3.05) is 14.2 Å². The van der Waals surface area contributed by atoms with Gasteiger partial charge in [0.2, 0.25) is 11.1 Å². The molecular formula is C20H22N4O3S. The summed E-state index contributed by atoms with van der Waals surface area (Å²) < 4.78 is 10.3. The summed E-state index contributed by atoms with van der Waals surface area (Å²) in [6.07, 6.45) is 0. The maximum absolute atomic E-state index is 12.4. The van der Waals surface area contributed by atoms with E-state index in [2.05, 4.69) is 20.5 Å². The summed E-state index contributed by atoms with van der Waals surface area (Å²) in [5.41, 5.74) is 1.91. The number of hydrogen-bond donors (Lipinski definition) is 2. The van der Waals surface area contributed by atoms with Crippen molar-refractivity contribution in [3.05, 3.63) is 54.1 Å². The molecule has 0 radical (unpaired) electrons. The first-order valence-electron chi connectivity index (χ1n) is 8.73. The van der Waals surface area contributed by atoms with Gasteiger partial charge in [0.05, 0.1) is 19.5 Å². The lowest BCUT2D eigenvalue weighted by Crippen LogP contribution is -2.30. The summed E-state index contributed by atoms with van der Waals surface area (Å²) in [5, 5.41) is 10.2. The number of rotatable bonds is 8. The van der Waals surface area contributed by atoms with E-state index in [0.717, 1.165) is 22.6 Å². The molecule has 0 spiro atoms. The molecule has 0 saturated carbocycles. The van der Waals surface area contributed by atoms with Crippen molar-refractivity contribution < 1.29 is 14.3 Å². The first kappa shape index (κ1) is 19.8. The van der Waals surface area contributed by atoms with Gasteiger partial charge in [-0.15, -0.1) is 5.10 Å². The number of aromatic nitrogens is 3. The van der Waals surface area contributed by atoms with Crippen LogP contribution < -0.4 is 14.8 Å². The number of benzene rings is 2. The topological polar surface area (TPSA) is 89.1 Å². The monoisotopic (exact) mass is 398 g/mol. The molecule has 0 aliphatic heterocycles. The largest absolute Gasteiger partial charge is 0.497 e. The van der Waals surface area contributed by atoms with Crippen LogP contribution in [0.4, 0.5) is 0 Å². The van der Waals surface area contributed by atoms with E-state index in [1.165, 1.54) is 11.8 Å². The van der Waals surface area contributed by atoms with Gasteiger partial charge in [0, 0.05) is 12.1 Å². The van der Waals surface area contributed by atoms with E-state index < -0.39 is 0 Å². The Balaban J connectivity index is 1.54. The van der Waals surface area contributed by atoms with Gasteiger partial charge in [-0.05, 0) is 48.9 Å². The van der Waals surface area contributed by atoms with Crippen LogP contribution in [-0.4, -0.2) is 40.6 Å². The molecule has 0 unspecified atom stereocenters. The van der Waals surface area contributed by atoms with Gasteiger partial charge in [0.1, 0.15) is 11.5 Å². The van der Waals surface area contributed by atoms with Gasteiger partial charge >= 0.3 is 0 Å². The van der Waals surface area contributed by atoms with E-state index in [9.17, 15) is 4.79 Å². The highest BCUT2D eigenvalue weighted by atomic mass is 32.2. The average Bonchev–Trinajstić information content (AvgIpc) is 3.20. The normalized spacial score (nSPS) is 11.7. The van der Waals surface area contributed by atoms with Crippen LogP contribution >= 0.6 is 11.8 Å². The maximum Gasteiger partial charge on any atom is 0.233 e. The molecule has 3 rings (SSSR count). The molecule has 8 heteroatoms. The minimum absolute atomic E-state index is 0.0726. The number of hydrogen-bond acceptors (Lipinski definition) is 6. The van der Waals surface area contributed by atoms with Gasteiger partial charge in [0.25, 0.3) is 0 Å². The Kier molecular flexibility index (Phi) is 6.54. The molecule has 1 heterocycles. The third-order valence-electron chi connectivity index (χ3n) is 4.11. The Morgan fingerprint density at radius 1 is 1.07 bits per heavy atom. The molecule has 0 aliphatic carbocycles. The minimum Gasteiger partial charge on any atom is -0.497 e. The zero-order valence-electron chi connectivity index (χ0n) is 15.9. The predicted molar refractivity (Wildman–Crippen MR) is 109 cm³/mol. The standard InChI is InChI=1S/C20H22N4O3S/c1-13(19(25)21-12-14-4-8-16(26-2)9-5-14)28-20-22-18(23-24-20)15-6-10-17(27-3)11-7-15/h4-11,13H,12H2,1-3H3,(H,21,25)(H,22,23,24)/t13-/m0/s1. The molecule has 1 amide bonds. The summed E-state index contributed by atoms with van der Waals surface area (Å²) in [6.45, 7) is 2.29. The third kappa shape index (κ3) is 5.04. The van der Waals surface area contributed by atoms with Crippen molar-refractivity contribution in [2.24, 2.45) is 0 Å². The SMILES string of the molecule is COc1ccc(CNC(=O)[C@H](C)Sc2n[nH]c(-c3ccc(OC)cc3)n2)cc1. The number of methoxy groups -OCH3 is 2. The molecule has 0 fully saturated rings. The lowest BCUT2D eigenvalue weighted by Gasteiger charge is -2.10. The number of carbonyl (C=O) groups excluding carboxylic acids is 1. The molecule has 28 heavy (non-hydrogen) atoms. The molecule has 2 aromatic carbocycles. The van der Waals surface area contributed by atoms with Crippen LogP contribution in [-0.2, 0) is 11.3 Å². The highest BCUT2D eigenvalue weighted by Gasteiger charge is 2.17. The fourth-order valence-electron chi connectivity index (χ4n) is 2.47. The van der Waals surface area contributed by atoms with Crippen LogP contribution in [0.25, 0.3) is 11.4 Å². The second-order valence-corrected chi connectivity index (χ2v) is 7.33. The van der Waals surface area contributed by atoms with Gasteiger partial charge in [-0.3, -0.25) is 9.89 Å². The van der Waals surface area contributed by atoms with Gasteiger partial charge in [-0.25, -0.2) is 4.98 Å². The molecule has 1 aromatic heterocycles. The van der Waals surface area contributed by atoms with E-state index in [-0.39, 0.29) is 11.2 Å². The van der Waals surface area contributed by atoms with Crippen LogP contribution in [0.1, 0.15) is 12.5 Å². The van der Waals surface area contributed by atoms with Gasteiger partial charge in [-0.2, -0.15) is 0 Å². The minimum atomic E-state index is -0.322. The Morgan fingerprint density at radius 3 is 2.29 bits per heavy atom. The smallest absolute Gasteiger partial charge is 0.233 e. The van der Waals surface area contributed by atoms with E-state index in [1.807, 2.05) is 55.5 Å². The molecule has 7 nitrogen and oxygen atoms in total. The molecular weight excluding hydrogens is 376 g/mol. The Labute approximate surface area is 167 Å². The number of nitrogens with one attached hydrogen (secondary N) is 2. The Hall–Kier alpha value is -3.00. The van der Waals surface area contributed by atoms with Crippen LogP contribution in [0, 0.1) is 0 Å². The van der Waals surface area contributed by atoms with Crippen LogP contribution in [0.3, 0.4) is 0 Å². The number of amides is 1. The van der Waals surface area contributed by atoms with E-state index >= 15 is 0 Å². The zero-order chi connectivity index (χ0) is 19.9. The number of ether oxygens (including phenoxy) is 2. The average molecular weight is 398 g/mol. The fraction of sp³-hybridized carbons (Fsp3) is 0.250. The molecule has 2 N–H and O–H groups in total. The molecule has 146 valence electrons. The second kappa shape index (κ2) is 9.27. The van der Waals surface area contributed by atoms with Crippen molar-refractivity contribution in [3.63, 3.8) is 0 Å². The number of H-pyrrole nitrogens is 1. The van der Waals surface area contributed by atoms with Crippen molar-refractivity contribution in [1.29, 1.82) is 0 Å². The number of aromatic amines is 1. The van der Waals surface area contributed by atoms with Crippen LogP contribution in [0.5, 0.6) is 11.5 Å². The lowest BCUT2D eigenvalue weighted by atomic mass is 10.2. The quantitative estimate of drug-likeness (QED) is 0.566. The highest BCUT2D eigenvalue weighted by Crippen LogP contribution is 2.24. The number of carbonyl (C=O) groups is 1. The van der Waals surface area contributed by atoms with Gasteiger partial charge < -0.3 is 14.8 Å². The van der Waals surface area contributed by atoms with Gasteiger partial charge in [-0.1, -0.05) is 23.9 Å². The third-order valence-corrected chi connectivity index (χ3v) is 5.07. The summed E-state index contributed by atoms with van der Waals surface area (Å²) >= 11 is 1.31. The van der Waals surface area contributed by atoms with Gasteiger partial charge in [0.15, 0.2) is 5.82 Å². The Bertz CT molecular complexity index is 910. The summed E-state index contributed by atoms with van der Waals surface area (Å²) in [5.74, 6) is 2.14. The predicted octanol–water partition coefficient (Wildman–Crippen LogP) is 3.29. The second-order valence-electron chi connectivity index (χ2n) is 6.02. The zero-order valence-corrected chi connectivity index (χ0v) is 16.7. The molecule has 1 atom stereocenters. The number of nitrogens with zero attached hydrogens (tertiary/aromatic N) is 2. The Morgan fingerprint density at radius 2 is 1.68 bits per heavy atom. The molecule has 0 bridgehead atoms. The first-order valence-corrected chi connectivity index (χ1v) is 9.61. The molecule has 0 saturated heterocycles. The van der Waals surface area contributed by atoms with E-state index in [4.69, 9.17) is 9.47 Å². The fourth-order valence-corrected chi connectivity index (χ4v) is 3.21. The number of thioether (sulfide) groups is 1. The lowest BCUT2D eigenvalue weighted by molar-refractivity contribution is -0.120. The molecule has 0 aliphatic rings.